The van der Waals surface area contributed by atoms with Gasteiger partial charge in [-0.3, -0.25) is 0 Å². The van der Waals surface area contributed by atoms with E-state index in [0.29, 0.717) is 5.92 Å². The minimum atomic E-state index is 0.455. The molecule has 1 atom stereocenters. The predicted molar refractivity (Wildman–Crippen MR) is 48.2 cm³/mol. The van der Waals surface area contributed by atoms with Crippen molar-refractivity contribution < 1.29 is 0 Å². The van der Waals surface area contributed by atoms with E-state index < -0.39 is 0 Å². The molecule has 55 valence electrons. The van der Waals surface area contributed by atoms with Crippen molar-refractivity contribution in [2.45, 2.75) is 12.3 Å². The standard InChI is InChI=1S/C11H11/c1-9-5-4-7-10-6-2-3-8-11(9)10/h2-4,6-9H,1,5H2. The molecule has 1 aromatic carbocycles. The van der Waals surface area contributed by atoms with E-state index in [9.17, 15) is 0 Å². The Kier molecular flexibility index (Phi) is 1.54. The molecule has 1 radical (unpaired) electrons. The van der Waals surface area contributed by atoms with E-state index in [1.807, 2.05) is 0 Å². The van der Waals surface area contributed by atoms with Crippen molar-refractivity contribution in [3.8, 4) is 0 Å². The summed E-state index contributed by atoms with van der Waals surface area (Å²) in [5.41, 5.74) is 2.72. The molecule has 0 N–H and O–H groups in total. The Hall–Kier alpha value is -1.04. The highest BCUT2D eigenvalue weighted by Gasteiger charge is 2.10. The fourth-order valence-corrected chi connectivity index (χ4v) is 1.52. The number of fused-ring (bicyclic) bond motifs is 1. The molecule has 0 amide bonds. The lowest BCUT2D eigenvalue weighted by atomic mass is 9.89. The number of allylic oxidation sites excluding steroid dienone is 1. The highest BCUT2D eigenvalue weighted by atomic mass is 14.1. The summed E-state index contributed by atoms with van der Waals surface area (Å²) in [7, 11) is 0. The minimum Gasteiger partial charge on any atom is -0.0833 e. The SMILES string of the molecule is [CH2]C1CC=Cc2ccccc21. The summed E-state index contributed by atoms with van der Waals surface area (Å²) in [5.74, 6) is 0.455. The molecule has 0 spiro atoms. The zero-order chi connectivity index (χ0) is 7.68. The molecular formula is C11H11. The van der Waals surface area contributed by atoms with Crippen LogP contribution in [0.1, 0.15) is 23.5 Å². The third-order valence-corrected chi connectivity index (χ3v) is 2.15. The van der Waals surface area contributed by atoms with Gasteiger partial charge in [0.25, 0.3) is 0 Å². The van der Waals surface area contributed by atoms with Crippen LogP contribution in [0.25, 0.3) is 6.08 Å². The van der Waals surface area contributed by atoms with Gasteiger partial charge >= 0.3 is 0 Å². The summed E-state index contributed by atoms with van der Waals surface area (Å²) in [5, 5.41) is 0. The Morgan fingerprint density at radius 1 is 1.27 bits per heavy atom. The van der Waals surface area contributed by atoms with Gasteiger partial charge in [0.15, 0.2) is 0 Å². The second-order valence-electron chi connectivity index (χ2n) is 2.96. The van der Waals surface area contributed by atoms with Crippen molar-refractivity contribution in [3.63, 3.8) is 0 Å². The average molecular weight is 143 g/mol. The highest BCUT2D eigenvalue weighted by molar-refractivity contribution is 5.57. The third-order valence-electron chi connectivity index (χ3n) is 2.15. The Bertz CT molecular complexity index is 284. The molecule has 1 aliphatic carbocycles. The smallest absolute Gasteiger partial charge is 0.0121 e. The maximum absolute atomic E-state index is 4.09. The van der Waals surface area contributed by atoms with Crippen LogP contribution in [0.4, 0.5) is 0 Å². The molecule has 0 saturated carbocycles. The largest absolute Gasteiger partial charge is 0.0833 e. The van der Waals surface area contributed by atoms with Gasteiger partial charge in [-0.25, -0.2) is 0 Å². The molecule has 0 aromatic heterocycles. The lowest BCUT2D eigenvalue weighted by Crippen LogP contribution is -1.98. The Morgan fingerprint density at radius 3 is 2.91 bits per heavy atom. The summed E-state index contributed by atoms with van der Waals surface area (Å²) < 4.78 is 0. The molecule has 11 heavy (non-hydrogen) atoms. The molecule has 1 unspecified atom stereocenters. The molecule has 2 rings (SSSR count). The number of hydrogen-bond acceptors (Lipinski definition) is 0. The maximum atomic E-state index is 4.09. The van der Waals surface area contributed by atoms with Crippen molar-refractivity contribution in [1.29, 1.82) is 0 Å². The summed E-state index contributed by atoms with van der Waals surface area (Å²) in [6.07, 6.45) is 5.45. The summed E-state index contributed by atoms with van der Waals surface area (Å²) >= 11 is 0. The number of hydrogen-bond donors (Lipinski definition) is 0. The first-order valence-corrected chi connectivity index (χ1v) is 3.96. The number of benzene rings is 1. The van der Waals surface area contributed by atoms with Crippen LogP contribution in [0.15, 0.2) is 30.3 Å². The van der Waals surface area contributed by atoms with E-state index in [1.165, 1.54) is 11.1 Å². The van der Waals surface area contributed by atoms with E-state index >= 15 is 0 Å². The summed E-state index contributed by atoms with van der Waals surface area (Å²) in [4.78, 5) is 0. The van der Waals surface area contributed by atoms with Gasteiger partial charge in [0.05, 0.1) is 0 Å². The molecule has 0 heterocycles. The van der Waals surface area contributed by atoms with Gasteiger partial charge in [0.2, 0.25) is 0 Å². The van der Waals surface area contributed by atoms with Crippen molar-refractivity contribution >= 4 is 6.08 Å². The van der Waals surface area contributed by atoms with Crippen LogP contribution in [0.2, 0.25) is 0 Å². The zero-order valence-corrected chi connectivity index (χ0v) is 6.46. The number of rotatable bonds is 0. The molecule has 0 bridgehead atoms. The minimum absolute atomic E-state index is 0.455. The Morgan fingerprint density at radius 2 is 2.09 bits per heavy atom. The summed E-state index contributed by atoms with van der Waals surface area (Å²) in [6, 6.07) is 8.46. The second-order valence-corrected chi connectivity index (χ2v) is 2.96. The van der Waals surface area contributed by atoms with Crippen LogP contribution in [0, 0.1) is 6.92 Å². The molecule has 1 aliphatic rings. The highest BCUT2D eigenvalue weighted by Crippen LogP contribution is 2.27. The lowest BCUT2D eigenvalue weighted by Gasteiger charge is -2.16. The first-order chi connectivity index (χ1) is 5.38. The van der Waals surface area contributed by atoms with Crippen LogP contribution in [0.3, 0.4) is 0 Å². The van der Waals surface area contributed by atoms with Crippen molar-refractivity contribution in [3.05, 3.63) is 48.4 Å². The zero-order valence-electron chi connectivity index (χ0n) is 6.46. The lowest BCUT2D eigenvalue weighted by molar-refractivity contribution is 0.849. The normalized spacial score (nSPS) is 21.4. The first kappa shape index (κ1) is 6.66. The fraction of sp³-hybridized carbons (Fsp3) is 0.182. The molecule has 0 nitrogen and oxygen atoms in total. The van der Waals surface area contributed by atoms with Gasteiger partial charge in [-0.15, -0.1) is 0 Å². The van der Waals surface area contributed by atoms with E-state index in [4.69, 9.17) is 0 Å². The van der Waals surface area contributed by atoms with Crippen LogP contribution in [-0.4, -0.2) is 0 Å². The third kappa shape index (κ3) is 1.09. The molecule has 1 aromatic rings. The van der Waals surface area contributed by atoms with Crippen LogP contribution < -0.4 is 0 Å². The molecule has 0 heteroatoms. The Balaban J connectivity index is 2.54. The van der Waals surface area contributed by atoms with Crippen LogP contribution >= 0.6 is 0 Å². The fourth-order valence-electron chi connectivity index (χ4n) is 1.52. The van der Waals surface area contributed by atoms with Gasteiger partial charge in [0.1, 0.15) is 0 Å². The first-order valence-electron chi connectivity index (χ1n) is 3.96. The van der Waals surface area contributed by atoms with Gasteiger partial charge in [-0.1, -0.05) is 36.4 Å². The Labute approximate surface area is 67.6 Å². The maximum Gasteiger partial charge on any atom is -0.0121 e. The van der Waals surface area contributed by atoms with Gasteiger partial charge < -0.3 is 0 Å². The second kappa shape index (κ2) is 2.54. The molecule has 0 aliphatic heterocycles. The summed E-state index contributed by atoms with van der Waals surface area (Å²) in [6.45, 7) is 4.09. The van der Waals surface area contributed by atoms with E-state index in [1.54, 1.807) is 0 Å². The monoisotopic (exact) mass is 143 g/mol. The molecular weight excluding hydrogens is 132 g/mol. The average Bonchev–Trinajstić information content (AvgIpc) is 2.06. The van der Waals surface area contributed by atoms with Gasteiger partial charge in [-0.2, -0.15) is 0 Å². The van der Waals surface area contributed by atoms with Crippen molar-refractivity contribution in [1.82, 2.24) is 0 Å². The van der Waals surface area contributed by atoms with Gasteiger partial charge in [0, 0.05) is 0 Å². The topological polar surface area (TPSA) is 0 Å². The van der Waals surface area contributed by atoms with Crippen molar-refractivity contribution in [2.24, 2.45) is 0 Å². The molecule has 0 fully saturated rings. The van der Waals surface area contributed by atoms with Crippen LogP contribution in [0.5, 0.6) is 0 Å². The quantitative estimate of drug-likeness (QED) is 0.523. The van der Waals surface area contributed by atoms with Crippen molar-refractivity contribution in [2.75, 3.05) is 0 Å². The molecule has 0 saturated heterocycles. The van der Waals surface area contributed by atoms with Gasteiger partial charge in [-0.05, 0) is 30.4 Å². The van der Waals surface area contributed by atoms with E-state index in [-0.39, 0.29) is 0 Å². The van der Waals surface area contributed by atoms with E-state index in [0.717, 1.165) is 6.42 Å². The predicted octanol–water partition coefficient (Wildman–Crippen LogP) is 3.02. The van der Waals surface area contributed by atoms with Crippen LogP contribution in [-0.2, 0) is 0 Å². The van der Waals surface area contributed by atoms with E-state index in [2.05, 4.69) is 43.3 Å².